The number of nitrogens with zero attached hydrogens (tertiary/aromatic N) is 2. The molecular formula is C40H44N2O6S4. The first-order chi connectivity index (χ1) is 25.1. The van der Waals surface area contributed by atoms with E-state index in [2.05, 4.69) is 28.2 Å². The van der Waals surface area contributed by atoms with Crippen molar-refractivity contribution in [3.8, 4) is 33.4 Å². The summed E-state index contributed by atoms with van der Waals surface area (Å²) < 4.78 is 25.2. The quantitative estimate of drug-likeness (QED) is 0.101. The van der Waals surface area contributed by atoms with Crippen LogP contribution < -0.4 is 18.9 Å². The second-order valence-corrected chi connectivity index (χ2v) is 16.0. The number of ketones is 1. The van der Waals surface area contributed by atoms with Gasteiger partial charge in [-0.1, -0.05) is 53.9 Å². The minimum Gasteiger partial charge on any atom is -0.493 e. The highest BCUT2D eigenvalue weighted by atomic mass is 32.2. The van der Waals surface area contributed by atoms with Gasteiger partial charge in [0.2, 0.25) is 0 Å². The molecule has 8 nitrogen and oxygen atoms in total. The standard InChI is InChI=1S/C21H25NO3S2.C19H19NO3S2/c1-5-21(2,23)12-11-14-9-10-15(16(13-14)24-3)25-20-22-19-17(26-4)7-6-8-18(19)27-20;1-12(21)7-8-13-9-10-14(15(11-13)22-2)23-19-20-18-16(24-3)5-4-6-17(18)25-19/h6-10,13,23H,5,11-12H2,1-4H3;4-6,9-11H,7-8H2,1-3H3. The zero-order valence-corrected chi connectivity index (χ0v) is 33.7. The molecule has 0 spiro atoms. The highest BCUT2D eigenvalue weighted by molar-refractivity contribution is 7.99. The van der Waals surface area contributed by atoms with E-state index in [0.29, 0.717) is 52.6 Å². The molecule has 274 valence electrons. The van der Waals surface area contributed by atoms with Gasteiger partial charge in [0.25, 0.3) is 10.4 Å². The summed E-state index contributed by atoms with van der Waals surface area (Å²) >= 11 is 6.39. The van der Waals surface area contributed by atoms with Crippen molar-refractivity contribution < 1.29 is 28.8 Å². The number of aromatic nitrogens is 2. The predicted molar refractivity (Wildman–Crippen MR) is 217 cm³/mol. The van der Waals surface area contributed by atoms with Crippen LogP contribution >= 0.6 is 46.2 Å². The maximum Gasteiger partial charge on any atom is 0.280 e. The molecule has 52 heavy (non-hydrogen) atoms. The Kier molecular flexibility index (Phi) is 13.9. The molecule has 0 bridgehead atoms. The lowest BCUT2D eigenvalue weighted by Gasteiger charge is -2.21. The number of methoxy groups -OCH3 is 2. The summed E-state index contributed by atoms with van der Waals surface area (Å²) in [6.07, 6.45) is 7.55. The molecule has 1 atom stereocenters. The van der Waals surface area contributed by atoms with Crippen molar-refractivity contribution in [2.75, 3.05) is 26.7 Å². The van der Waals surface area contributed by atoms with Crippen LogP contribution in [0.15, 0.2) is 82.6 Å². The Morgan fingerprint density at radius 2 is 1.23 bits per heavy atom. The molecule has 1 N–H and O–H groups in total. The van der Waals surface area contributed by atoms with Crippen LogP contribution in [0.1, 0.15) is 51.2 Å². The third kappa shape index (κ3) is 10.2. The van der Waals surface area contributed by atoms with E-state index in [1.165, 1.54) is 22.7 Å². The summed E-state index contributed by atoms with van der Waals surface area (Å²) in [5.41, 5.74) is 3.46. The average molecular weight is 777 g/mol. The molecule has 0 radical (unpaired) electrons. The molecule has 0 saturated heterocycles. The van der Waals surface area contributed by atoms with Gasteiger partial charge in [-0.2, -0.15) is 0 Å². The van der Waals surface area contributed by atoms with E-state index >= 15 is 0 Å². The van der Waals surface area contributed by atoms with Gasteiger partial charge in [0, 0.05) is 16.2 Å². The van der Waals surface area contributed by atoms with Crippen molar-refractivity contribution in [1.82, 2.24) is 9.97 Å². The maximum absolute atomic E-state index is 11.2. The Morgan fingerprint density at radius 3 is 1.65 bits per heavy atom. The number of aliphatic hydroxyl groups is 1. The Bertz CT molecular complexity index is 2130. The Labute approximate surface area is 321 Å². The number of carbonyl (C=O) groups excluding carboxylic acids is 1. The number of ether oxygens (including phenoxy) is 4. The molecule has 0 saturated carbocycles. The summed E-state index contributed by atoms with van der Waals surface area (Å²) in [5.74, 6) is 2.77. The maximum atomic E-state index is 11.2. The summed E-state index contributed by atoms with van der Waals surface area (Å²) in [4.78, 5) is 22.7. The van der Waals surface area contributed by atoms with Gasteiger partial charge >= 0.3 is 0 Å². The van der Waals surface area contributed by atoms with Gasteiger partial charge in [-0.05, 0) is 112 Å². The molecule has 0 fully saturated rings. The van der Waals surface area contributed by atoms with Crippen molar-refractivity contribution in [3.05, 3.63) is 83.9 Å². The fourth-order valence-corrected chi connectivity index (χ4v) is 8.19. The van der Waals surface area contributed by atoms with Gasteiger partial charge in [0.05, 0.1) is 40.3 Å². The molecule has 0 aliphatic rings. The van der Waals surface area contributed by atoms with Gasteiger partial charge in [-0.25, -0.2) is 9.97 Å². The molecule has 12 heteroatoms. The first-order valence-electron chi connectivity index (χ1n) is 16.8. The predicted octanol–water partition coefficient (Wildman–Crippen LogP) is 11.3. The van der Waals surface area contributed by atoms with Crippen molar-refractivity contribution in [2.24, 2.45) is 0 Å². The summed E-state index contributed by atoms with van der Waals surface area (Å²) in [6, 6.07) is 23.9. The zero-order valence-electron chi connectivity index (χ0n) is 30.5. The minimum atomic E-state index is -0.640. The third-order valence-corrected chi connectivity index (χ3v) is 11.8. The lowest BCUT2D eigenvalue weighted by Crippen LogP contribution is -2.23. The molecule has 4 aromatic carbocycles. The van der Waals surface area contributed by atoms with Crippen LogP contribution in [0.25, 0.3) is 20.4 Å². The number of thioether (sulfide) groups is 2. The number of hydrogen-bond donors (Lipinski definition) is 1. The van der Waals surface area contributed by atoms with Crippen LogP contribution in [-0.4, -0.2) is 53.2 Å². The average Bonchev–Trinajstić information content (AvgIpc) is 3.77. The highest BCUT2D eigenvalue weighted by Crippen LogP contribution is 2.40. The summed E-state index contributed by atoms with van der Waals surface area (Å²) in [5, 5.41) is 11.4. The van der Waals surface area contributed by atoms with E-state index in [9.17, 15) is 9.90 Å². The van der Waals surface area contributed by atoms with Crippen LogP contribution in [0.4, 0.5) is 0 Å². The van der Waals surface area contributed by atoms with E-state index in [0.717, 1.165) is 54.2 Å². The van der Waals surface area contributed by atoms with Gasteiger partial charge in [0.15, 0.2) is 23.0 Å². The number of hydrogen-bond acceptors (Lipinski definition) is 12. The van der Waals surface area contributed by atoms with Gasteiger partial charge in [-0.15, -0.1) is 23.5 Å². The molecule has 0 amide bonds. The number of thiazole rings is 2. The monoisotopic (exact) mass is 776 g/mol. The topological polar surface area (TPSA) is 100 Å². The number of Topliss-reactive ketones (excluding diaryl/α,β-unsaturated/α-hetero) is 1. The van der Waals surface area contributed by atoms with E-state index in [4.69, 9.17) is 18.9 Å². The van der Waals surface area contributed by atoms with Crippen LogP contribution in [0, 0.1) is 0 Å². The second kappa shape index (κ2) is 18.3. The molecular weight excluding hydrogens is 733 g/mol. The Morgan fingerprint density at radius 1 is 0.750 bits per heavy atom. The van der Waals surface area contributed by atoms with Gasteiger partial charge < -0.3 is 28.8 Å². The lowest BCUT2D eigenvalue weighted by molar-refractivity contribution is -0.116. The fourth-order valence-electron chi connectivity index (χ4n) is 5.23. The van der Waals surface area contributed by atoms with E-state index in [1.54, 1.807) is 44.7 Å². The number of para-hydroxylation sites is 2. The van der Waals surface area contributed by atoms with Crippen LogP contribution in [0.5, 0.6) is 33.4 Å². The number of carbonyl (C=O) groups is 1. The van der Waals surface area contributed by atoms with Gasteiger partial charge in [0.1, 0.15) is 5.78 Å². The normalized spacial score (nSPS) is 12.2. The van der Waals surface area contributed by atoms with Crippen LogP contribution in [-0.2, 0) is 17.6 Å². The largest absolute Gasteiger partial charge is 0.493 e. The molecule has 6 rings (SSSR count). The number of fused-ring (bicyclic) bond motifs is 2. The van der Waals surface area contributed by atoms with Crippen molar-refractivity contribution in [2.45, 2.75) is 68.3 Å². The summed E-state index contributed by atoms with van der Waals surface area (Å²) in [7, 11) is 3.25. The molecule has 2 aromatic heterocycles. The van der Waals surface area contributed by atoms with Crippen molar-refractivity contribution >= 4 is 72.4 Å². The van der Waals surface area contributed by atoms with E-state index < -0.39 is 5.60 Å². The third-order valence-electron chi connectivity index (χ3n) is 8.49. The van der Waals surface area contributed by atoms with Gasteiger partial charge in [-0.3, -0.25) is 0 Å². The molecule has 1 unspecified atom stereocenters. The number of aryl methyl sites for hydroxylation is 2. The Hall–Kier alpha value is -3.81. The van der Waals surface area contributed by atoms with Crippen LogP contribution in [0.2, 0.25) is 0 Å². The molecule has 6 aromatic rings. The number of benzene rings is 4. The van der Waals surface area contributed by atoms with Crippen molar-refractivity contribution in [1.29, 1.82) is 0 Å². The Balaban J connectivity index is 0.000000202. The highest BCUT2D eigenvalue weighted by Gasteiger charge is 2.18. The zero-order chi connectivity index (χ0) is 37.3. The SMILES string of the molecule is CCC(C)(O)CCc1ccc(Oc2nc3c(SC)cccc3s2)c(OC)c1.COc1cc(CCC(C)=O)ccc1Oc1nc2c(SC)cccc2s1. The van der Waals surface area contributed by atoms with Crippen LogP contribution in [0.3, 0.4) is 0 Å². The smallest absolute Gasteiger partial charge is 0.280 e. The van der Waals surface area contributed by atoms with Crippen molar-refractivity contribution in [3.63, 3.8) is 0 Å². The number of rotatable bonds is 15. The molecule has 2 heterocycles. The fraction of sp³-hybridized carbons (Fsp3) is 0.325. The second-order valence-electron chi connectivity index (χ2n) is 12.3. The molecule has 0 aliphatic carbocycles. The molecule has 0 aliphatic heterocycles. The van der Waals surface area contributed by atoms with E-state index in [1.807, 2.05) is 81.0 Å². The lowest BCUT2D eigenvalue weighted by atomic mass is 9.94. The minimum absolute atomic E-state index is 0.179. The first kappa shape index (κ1) is 39.4. The van der Waals surface area contributed by atoms with E-state index in [-0.39, 0.29) is 5.78 Å². The first-order valence-corrected chi connectivity index (χ1v) is 20.9. The summed E-state index contributed by atoms with van der Waals surface area (Å²) in [6.45, 7) is 5.47.